The van der Waals surface area contributed by atoms with E-state index in [4.69, 9.17) is 5.73 Å². The number of rotatable bonds is 2. The first-order chi connectivity index (χ1) is 9.04. The van der Waals surface area contributed by atoms with Crippen LogP contribution in [0.1, 0.15) is 30.1 Å². The summed E-state index contributed by atoms with van der Waals surface area (Å²) in [6.07, 6.45) is 3.52. The van der Waals surface area contributed by atoms with Crippen LogP contribution in [0.3, 0.4) is 0 Å². The van der Waals surface area contributed by atoms with Crippen LogP contribution in [0.2, 0.25) is 0 Å². The molecule has 1 atom stereocenters. The topological polar surface area (TPSA) is 67.4 Å². The second-order valence-electron chi connectivity index (χ2n) is 5.24. The average molecular weight is 265 g/mol. The molecule has 0 saturated carbocycles. The van der Waals surface area contributed by atoms with Gasteiger partial charge in [0.05, 0.1) is 6.20 Å². The van der Waals surface area contributed by atoms with Crippen molar-refractivity contribution in [2.24, 2.45) is 7.05 Å². The summed E-state index contributed by atoms with van der Waals surface area (Å²) in [6, 6.07) is 0.250. The SMILES string of the molecule is CCC1CN(C)CCCN1C(=O)c1cnn(C)c1N. The summed E-state index contributed by atoms with van der Waals surface area (Å²) in [7, 11) is 3.86. The maximum atomic E-state index is 12.6. The number of nitrogens with two attached hydrogens (primary N) is 1. The maximum absolute atomic E-state index is 12.6. The van der Waals surface area contributed by atoms with E-state index in [0.29, 0.717) is 11.4 Å². The fourth-order valence-corrected chi connectivity index (χ4v) is 2.63. The van der Waals surface area contributed by atoms with Gasteiger partial charge in [0.15, 0.2) is 0 Å². The molecule has 106 valence electrons. The lowest BCUT2D eigenvalue weighted by Crippen LogP contribution is -2.43. The first-order valence-electron chi connectivity index (χ1n) is 6.81. The lowest BCUT2D eigenvalue weighted by molar-refractivity contribution is 0.0677. The molecule has 19 heavy (non-hydrogen) atoms. The first-order valence-corrected chi connectivity index (χ1v) is 6.81. The lowest BCUT2D eigenvalue weighted by Gasteiger charge is -2.30. The van der Waals surface area contributed by atoms with Gasteiger partial charge in [-0.25, -0.2) is 0 Å². The fraction of sp³-hybridized carbons (Fsp3) is 0.692. The number of hydrogen-bond acceptors (Lipinski definition) is 4. The van der Waals surface area contributed by atoms with Crippen molar-refractivity contribution >= 4 is 11.7 Å². The van der Waals surface area contributed by atoms with Gasteiger partial charge in [-0.3, -0.25) is 9.48 Å². The summed E-state index contributed by atoms with van der Waals surface area (Å²) in [5.74, 6) is 0.449. The van der Waals surface area contributed by atoms with Crippen molar-refractivity contribution in [3.05, 3.63) is 11.8 Å². The minimum absolute atomic E-state index is 0.00718. The maximum Gasteiger partial charge on any atom is 0.259 e. The molecule has 1 fully saturated rings. The van der Waals surface area contributed by atoms with Gasteiger partial charge in [-0.2, -0.15) is 5.10 Å². The molecule has 6 nitrogen and oxygen atoms in total. The van der Waals surface area contributed by atoms with Crippen LogP contribution in [0.15, 0.2) is 6.20 Å². The quantitative estimate of drug-likeness (QED) is 0.848. The molecule has 1 aliphatic heterocycles. The van der Waals surface area contributed by atoms with Crippen molar-refractivity contribution in [3.63, 3.8) is 0 Å². The number of nitrogen functional groups attached to an aromatic ring is 1. The molecule has 0 spiro atoms. The third-order valence-electron chi connectivity index (χ3n) is 3.85. The molecule has 1 aromatic rings. The highest BCUT2D eigenvalue weighted by Gasteiger charge is 2.28. The summed E-state index contributed by atoms with van der Waals surface area (Å²) in [6.45, 7) is 4.86. The molecule has 0 aromatic carbocycles. The third-order valence-corrected chi connectivity index (χ3v) is 3.85. The Morgan fingerprint density at radius 1 is 1.47 bits per heavy atom. The van der Waals surface area contributed by atoms with E-state index in [1.165, 1.54) is 4.68 Å². The van der Waals surface area contributed by atoms with Gasteiger partial charge >= 0.3 is 0 Å². The van der Waals surface area contributed by atoms with E-state index in [1.54, 1.807) is 13.2 Å². The largest absolute Gasteiger partial charge is 0.383 e. The van der Waals surface area contributed by atoms with Crippen molar-refractivity contribution in [2.45, 2.75) is 25.8 Å². The van der Waals surface area contributed by atoms with E-state index in [0.717, 1.165) is 32.5 Å². The zero-order valence-corrected chi connectivity index (χ0v) is 12.0. The molecule has 2 rings (SSSR count). The Morgan fingerprint density at radius 3 is 2.79 bits per heavy atom. The summed E-state index contributed by atoms with van der Waals surface area (Å²) in [5.41, 5.74) is 6.42. The molecular formula is C13H23N5O. The molecule has 1 aliphatic rings. The highest BCUT2D eigenvalue weighted by molar-refractivity contribution is 5.98. The number of carbonyl (C=O) groups is 1. The predicted octanol–water partition coefficient (Wildman–Crippen LogP) is 0.559. The molecule has 1 saturated heterocycles. The van der Waals surface area contributed by atoms with Crippen molar-refractivity contribution < 1.29 is 4.79 Å². The van der Waals surface area contributed by atoms with Crippen LogP contribution < -0.4 is 5.73 Å². The van der Waals surface area contributed by atoms with Crippen molar-refractivity contribution in [1.82, 2.24) is 19.6 Å². The van der Waals surface area contributed by atoms with Crippen LogP contribution in [-0.4, -0.2) is 58.2 Å². The average Bonchev–Trinajstić information content (AvgIpc) is 2.62. The smallest absolute Gasteiger partial charge is 0.259 e. The normalized spacial score (nSPS) is 21.4. The molecule has 0 radical (unpaired) electrons. The standard InChI is InChI=1S/C13H23N5O/c1-4-10-9-16(2)6-5-7-18(10)13(19)11-8-15-17(3)12(11)14/h8,10H,4-7,9,14H2,1-3H3. The van der Waals surface area contributed by atoms with Crippen molar-refractivity contribution in [3.8, 4) is 0 Å². The van der Waals surface area contributed by atoms with Crippen molar-refractivity contribution in [2.75, 3.05) is 32.4 Å². The highest BCUT2D eigenvalue weighted by Crippen LogP contribution is 2.18. The number of carbonyl (C=O) groups excluding carboxylic acids is 1. The molecule has 1 aromatic heterocycles. The molecule has 2 heterocycles. The van der Waals surface area contributed by atoms with Gasteiger partial charge in [-0.15, -0.1) is 0 Å². The second-order valence-corrected chi connectivity index (χ2v) is 5.24. The molecule has 6 heteroatoms. The molecule has 0 bridgehead atoms. The molecule has 2 N–H and O–H groups in total. The molecule has 1 unspecified atom stereocenters. The zero-order valence-electron chi connectivity index (χ0n) is 12.0. The van der Waals surface area contributed by atoms with Gasteiger partial charge in [0, 0.05) is 26.2 Å². The van der Waals surface area contributed by atoms with Crippen LogP contribution in [0, 0.1) is 0 Å². The van der Waals surface area contributed by atoms with Gasteiger partial charge in [-0.1, -0.05) is 6.92 Å². The van der Waals surface area contributed by atoms with Crippen LogP contribution in [-0.2, 0) is 7.05 Å². The van der Waals surface area contributed by atoms with Crippen LogP contribution in [0.5, 0.6) is 0 Å². The summed E-state index contributed by atoms with van der Waals surface area (Å²) < 4.78 is 1.54. The summed E-state index contributed by atoms with van der Waals surface area (Å²) >= 11 is 0. The molecule has 1 amide bonds. The Morgan fingerprint density at radius 2 is 2.21 bits per heavy atom. The van der Waals surface area contributed by atoms with Gasteiger partial charge in [0.25, 0.3) is 5.91 Å². The van der Waals surface area contributed by atoms with Crippen LogP contribution in [0.4, 0.5) is 5.82 Å². The Bertz CT molecular complexity index is 456. The molecule has 0 aliphatic carbocycles. The Balaban J connectivity index is 2.23. The Kier molecular flexibility index (Phi) is 4.09. The van der Waals surface area contributed by atoms with E-state index in [2.05, 4.69) is 24.0 Å². The monoisotopic (exact) mass is 265 g/mol. The predicted molar refractivity (Wildman–Crippen MR) is 74.8 cm³/mol. The Hall–Kier alpha value is -1.56. The summed E-state index contributed by atoms with van der Waals surface area (Å²) in [4.78, 5) is 16.9. The Labute approximate surface area is 114 Å². The van der Waals surface area contributed by atoms with E-state index in [-0.39, 0.29) is 11.9 Å². The van der Waals surface area contributed by atoms with Crippen molar-refractivity contribution in [1.29, 1.82) is 0 Å². The number of likely N-dealkylation sites (N-methyl/N-ethyl adjacent to an activating group) is 1. The van der Waals surface area contributed by atoms with Gasteiger partial charge in [0.1, 0.15) is 11.4 Å². The van der Waals surface area contributed by atoms with E-state index < -0.39 is 0 Å². The van der Waals surface area contributed by atoms with E-state index in [1.807, 2.05) is 4.90 Å². The first kappa shape index (κ1) is 13.9. The lowest BCUT2D eigenvalue weighted by atomic mass is 10.1. The highest BCUT2D eigenvalue weighted by atomic mass is 16.2. The van der Waals surface area contributed by atoms with Gasteiger partial charge in [-0.05, 0) is 26.4 Å². The number of aromatic nitrogens is 2. The van der Waals surface area contributed by atoms with Crippen LogP contribution in [0.25, 0.3) is 0 Å². The summed E-state index contributed by atoms with van der Waals surface area (Å²) in [5, 5.41) is 4.06. The number of nitrogens with zero attached hydrogens (tertiary/aromatic N) is 4. The minimum Gasteiger partial charge on any atom is -0.383 e. The number of hydrogen-bond donors (Lipinski definition) is 1. The van der Waals surface area contributed by atoms with Crippen LogP contribution >= 0.6 is 0 Å². The zero-order chi connectivity index (χ0) is 14.0. The number of amides is 1. The number of anilines is 1. The second kappa shape index (κ2) is 5.61. The van der Waals surface area contributed by atoms with E-state index >= 15 is 0 Å². The van der Waals surface area contributed by atoms with E-state index in [9.17, 15) is 4.79 Å². The molecular weight excluding hydrogens is 242 g/mol. The third kappa shape index (κ3) is 2.73. The fourth-order valence-electron chi connectivity index (χ4n) is 2.63. The van der Waals surface area contributed by atoms with Gasteiger partial charge < -0.3 is 15.5 Å². The van der Waals surface area contributed by atoms with Gasteiger partial charge in [0.2, 0.25) is 0 Å². The minimum atomic E-state index is 0.00718. The number of aryl methyl sites for hydroxylation is 1.